The third-order valence-electron chi connectivity index (χ3n) is 4.39. The average molecular weight is 370 g/mol. The van der Waals surface area contributed by atoms with Gasteiger partial charge in [0.1, 0.15) is 17.6 Å². The quantitative estimate of drug-likeness (QED) is 0.811. The van der Waals surface area contributed by atoms with Crippen LogP contribution in [0.25, 0.3) is 0 Å². The van der Waals surface area contributed by atoms with Crippen LogP contribution in [0, 0.1) is 0 Å². The van der Waals surface area contributed by atoms with Gasteiger partial charge in [-0.05, 0) is 36.8 Å². The fourth-order valence-corrected chi connectivity index (χ4v) is 2.95. The van der Waals surface area contributed by atoms with Crippen molar-refractivity contribution in [2.45, 2.75) is 25.6 Å². The summed E-state index contributed by atoms with van der Waals surface area (Å²) in [6.45, 7) is 4.05. The highest BCUT2D eigenvalue weighted by Gasteiger charge is 2.30. The maximum absolute atomic E-state index is 12.4. The van der Waals surface area contributed by atoms with Crippen molar-refractivity contribution in [3.63, 3.8) is 0 Å². The number of amides is 2. The Hall–Kier alpha value is -2.57. The molecule has 1 aliphatic rings. The molecular formula is C21H26N2O4. The van der Waals surface area contributed by atoms with Crippen LogP contribution in [0.2, 0.25) is 0 Å². The molecule has 1 N–H and O–H groups in total. The summed E-state index contributed by atoms with van der Waals surface area (Å²) in [7, 11) is 1.77. The largest absolute Gasteiger partial charge is 0.457 e. The summed E-state index contributed by atoms with van der Waals surface area (Å²) in [4.78, 5) is 14.1. The highest BCUT2D eigenvalue weighted by molar-refractivity contribution is 5.74. The van der Waals surface area contributed by atoms with Crippen LogP contribution in [-0.2, 0) is 16.0 Å². The Morgan fingerprint density at radius 2 is 1.81 bits per heavy atom. The molecule has 0 saturated carbocycles. The van der Waals surface area contributed by atoms with Gasteiger partial charge in [-0.15, -0.1) is 0 Å². The van der Waals surface area contributed by atoms with E-state index in [2.05, 4.69) is 5.32 Å². The van der Waals surface area contributed by atoms with Crippen LogP contribution >= 0.6 is 0 Å². The van der Waals surface area contributed by atoms with Crippen molar-refractivity contribution in [1.29, 1.82) is 0 Å². The number of rotatable bonds is 7. The molecule has 0 bridgehead atoms. The number of hydrogen-bond donors (Lipinski definition) is 1. The molecule has 1 saturated heterocycles. The van der Waals surface area contributed by atoms with Gasteiger partial charge in [0.05, 0.1) is 19.3 Å². The van der Waals surface area contributed by atoms with E-state index >= 15 is 0 Å². The first-order valence-corrected chi connectivity index (χ1v) is 9.18. The fourth-order valence-electron chi connectivity index (χ4n) is 2.95. The number of nitrogens with one attached hydrogen (secondary N) is 1. The lowest BCUT2D eigenvalue weighted by atomic mass is 10.2. The molecule has 2 aromatic carbocycles. The summed E-state index contributed by atoms with van der Waals surface area (Å²) in [6.07, 6.45) is -0.0817. The van der Waals surface area contributed by atoms with Gasteiger partial charge in [-0.1, -0.05) is 30.3 Å². The van der Waals surface area contributed by atoms with Crippen molar-refractivity contribution in [3.05, 3.63) is 60.2 Å². The molecule has 6 heteroatoms. The van der Waals surface area contributed by atoms with Crippen LogP contribution in [0.15, 0.2) is 54.6 Å². The molecular weight excluding hydrogens is 344 g/mol. The predicted octanol–water partition coefficient (Wildman–Crippen LogP) is 3.42. The molecule has 2 atom stereocenters. The minimum Gasteiger partial charge on any atom is -0.457 e. The van der Waals surface area contributed by atoms with E-state index in [4.69, 9.17) is 14.2 Å². The number of para-hydroxylation sites is 1. The van der Waals surface area contributed by atoms with Crippen molar-refractivity contribution >= 4 is 6.03 Å². The van der Waals surface area contributed by atoms with Crippen LogP contribution in [0.4, 0.5) is 4.79 Å². The van der Waals surface area contributed by atoms with Gasteiger partial charge < -0.3 is 24.4 Å². The van der Waals surface area contributed by atoms with Gasteiger partial charge in [0.15, 0.2) is 0 Å². The number of carbonyl (C=O) groups is 1. The lowest BCUT2D eigenvalue weighted by Crippen LogP contribution is -2.48. The highest BCUT2D eigenvalue weighted by atomic mass is 16.5. The van der Waals surface area contributed by atoms with Gasteiger partial charge in [-0.2, -0.15) is 0 Å². The SMILES string of the molecule is CCO[C@H]1COC[C@@H]1NC(=O)N(C)Cc1ccc(Oc2ccccc2)cc1. The molecule has 1 aliphatic heterocycles. The number of carbonyl (C=O) groups excluding carboxylic acids is 1. The van der Waals surface area contributed by atoms with Crippen LogP contribution in [0.3, 0.4) is 0 Å². The first-order chi connectivity index (χ1) is 13.2. The fraction of sp³-hybridized carbons (Fsp3) is 0.381. The Balaban J connectivity index is 1.51. The van der Waals surface area contributed by atoms with Crippen LogP contribution in [0.5, 0.6) is 11.5 Å². The number of urea groups is 1. The maximum atomic E-state index is 12.4. The molecule has 0 unspecified atom stereocenters. The summed E-state index contributed by atoms with van der Waals surface area (Å²) < 4.78 is 16.8. The molecule has 6 nitrogen and oxygen atoms in total. The number of nitrogens with zero attached hydrogens (tertiary/aromatic N) is 1. The summed E-state index contributed by atoms with van der Waals surface area (Å²) in [6, 6.07) is 17.1. The Bertz CT molecular complexity index is 721. The van der Waals surface area contributed by atoms with Crippen LogP contribution < -0.4 is 10.1 Å². The van der Waals surface area contributed by atoms with Gasteiger partial charge in [-0.25, -0.2) is 4.79 Å². The van der Waals surface area contributed by atoms with Crippen LogP contribution in [0.1, 0.15) is 12.5 Å². The normalized spacial score (nSPS) is 18.9. The van der Waals surface area contributed by atoms with E-state index < -0.39 is 0 Å². The van der Waals surface area contributed by atoms with Gasteiger partial charge in [0, 0.05) is 20.2 Å². The van der Waals surface area contributed by atoms with E-state index in [1.807, 2.05) is 61.5 Å². The minimum absolute atomic E-state index is 0.0817. The minimum atomic E-state index is -0.139. The Labute approximate surface area is 160 Å². The third-order valence-corrected chi connectivity index (χ3v) is 4.39. The monoisotopic (exact) mass is 370 g/mol. The summed E-state index contributed by atoms with van der Waals surface area (Å²) in [5.74, 6) is 1.56. The molecule has 0 aromatic heterocycles. The molecule has 3 rings (SSSR count). The van der Waals surface area contributed by atoms with E-state index in [0.29, 0.717) is 26.4 Å². The first-order valence-electron chi connectivity index (χ1n) is 9.18. The van der Waals surface area contributed by atoms with Crippen molar-refractivity contribution in [2.24, 2.45) is 0 Å². The van der Waals surface area contributed by atoms with Crippen molar-refractivity contribution < 1.29 is 19.0 Å². The predicted molar refractivity (Wildman–Crippen MR) is 103 cm³/mol. The van der Waals surface area contributed by atoms with Gasteiger partial charge in [-0.3, -0.25) is 0 Å². The first kappa shape index (κ1) is 19.2. The smallest absolute Gasteiger partial charge is 0.317 e. The molecule has 0 aliphatic carbocycles. The second-order valence-corrected chi connectivity index (χ2v) is 6.50. The average Bonchev–Trinajstić information content (AvgIpc) is 3.11. The Kier molecular flexibility index (Phi) is 6.68. The highest BCUT2D eigenvalue weighted by Crippen LogP contribution is 2.21. The van der Waals surface area contributed by atoms with Crippen LogP contribution in [-0.4, -0.2) is 49.9 Å². The van der Waals surface area contributed by atoms with Crippen molar-refractivity contribution in [3.8, 4) is 11.5 Å². The number of benzene rings is 2. The van der Waals surface area contributed by atoms with Crippen molar-refractivity contribution in [2.75, 3.05) is 26.9 Å². The summed E-state index contributed by atoms with van der Waals surface area (Å²) in [5, 5.41) is 2.99. The maximum Gasteiger partial charge on any atom is 0.317 e. The van der Waals surface area contributed by atoms with Gasteiger partial charge in [0.25, 0.3) is 0 Å². The zero-order valence-corrected chi connectivity index (χ0v) is 15.8. The number of hydrogen-bond acceptors (Lipinski definition) is 4. The lowest BCUT2D eigenvalue weighted by Gasteiger charge is -2.23. The summed E-state index contributed by atoms with van der Waals surface area (Å²) >= 11 is 0. The molecule has 2 aromatic rings. The summed E-state index contributed by atoms with van der Waals surface area (Å²) in [5.41, 5.74) is 1.03. The van der Waals surface area contributed by atoms with E-state index in [9.17, 15) is 4.79 Å². The zero-order valence-electron chi connectivity index (χ0n) is 15.8. The van der Waals surface area contributed by atoms with E-state index in [1.165, 1.54) is 0 Å². The van der Waals surface area contributed by atoms with E-state index in [1.54, 1.807) is 11.9 Å². The standard InChI is InChI=1S/C21H26N2O4/c1-3-26-20-15-25-14-19(20)22-21(24)23(2)13-16-9-11-18(12-10-16)27-17-7-5-4-6-8-17/h4-12,19-20H,3,13-15H2,1-2H3,(H,22,24)/t19-,20-/m0/s1. The topological polar surface area (TPSA) is 60.0 Å². The molecule has 2 amide bonds. The van der Waals surface area contributed by atoms with Gasteiger partial charge >= 0.3 is 6.03 Å². The lowest BCUT2D eigenvalue weighted by molar-refractivity contribution is 0.0419. The molecule has 0 radical (unpaired) electrons. The molecule has 1 heterocycles. The second kappa shape index (κ2) is 9.39. The molecule has 144 valence electrons. The van der Waals surface area contributed by atoms with Gasteiger partial charge in [0.2, 0.25) is 0 Å². The number of ether oxygens (including phenoxy) is 3. The van der Waals surface area contributed by atoms with Crippen molar-refractivity contribution in [1.82, 2.24) is 10.2 Å². The second-order valence-electron chi connectivity index (χ2n) is 6.50. The Morgan fingerprint density at radius 3 is 2.52 bits per heavy atom. The molecule has 0 spiro atoms. The third kappa shape index (κ3) is 5.45. The Morgan fingerprint density at radius 1 is 1.11 bits per heavy atom. The van der Waals surface area contributed by atoms with E-state index in [0.717, 1.165) is 17.1 Å². The van der Waals surface area contributed by atoms with E-state index in [-0.39, 0.29) is 18.2 Å². The zero-order chi connectivity index (χ0) is 19.1. The molecule has 1 fully saturated rings. The molecule has 27 heavy (non-hydrogen) atoms.